The molecular formula is C12H14O3. The molecule has 0 spiro atoms. The number of hydrogen-bond acceptors (Lipinski definition) is 3. The smallest absolute Gasteiger partial charge is 0.308 e. The van der Waals surface area contributed by atoms with Gasteiger partial charge in [-0.3, -0.25) is 9.59 Å². The number of carbonyl (C=O) groups excluding carboxylic acids is 2. The number of ketones is 1. The lowest BCUT2D eigenvalue weighted by molar-refractivity contribution is -0.131. The molecule has 0 amide bonds. The Labute approximate surface area is 89.1 Å². The molecule has 3 heteroatoms. The van der Waals surface area contributed by atoms with Crippen molar-refractivity contribution in [1.82, 2.24) is 0 Å². The van der Waals surface area contributed by atoms with E-state index in [1.807, 2.05) is 13.0 Å². The fourth-order valence-electron chi connectivity index (χ4n) is 1.32. The Bertz CT molecular complexity index is 394. The Kier molecular flexibility index (Phi) is 3.61. The van der Waals surface area contributed by atoms with Gasteiger partial charge in [0.1, 0.15) is 5.75 Å². The van der Waals surface area contributed by atoms with Gasteiger partial charge in [-0.2, -0.15) is 0 Å². The van der Waals surface area contributed by atoms with Crippen LogP contribution in [0.25, 0.3) is 0 Å². The van der Waals surface area contributed by atoms with Gasteiger partial charge in [-0.05, 0) is 31.0 Å². The molecular weight excluding hydrogens is 192 g/mol. The van der Waals surface area contributed by atoms with E-state index in [2.05, 4.69) is 0 Å². The van der Waals surface area contributed by atoms with Crippen molar-refractivity contribution < 1.29 is 14.3 Å². The topological polar surface area (TPSA) is 43.4 Å². The second-order valence-corrected chi connectivity index (χ2v) is 3.33. The zero-order valence-electron chi connectivity index (χ0n) is 9.16. The predicted molar refractivity (Wildman–Crippen MR) is 57.1 cm³/mol. The van der Waals surface area contributed by atoms with Crippen LogP contribution in [0.2, 0.25) is 0 Å². The molecule has 0 bridgehead atoms. The molecule has 0 saturated heterocycles. The Morgan fingerprint density at radius 3 is 2.40 bits per heavy atom. The number of carbonyl (C=O) groups is 2. The molecule has 15 heavy (non-hydrogen) atoms. The molecule has 0 fully saturated rings. The third-order valence-corrected chi connectivity index (χ3v) is 2.09. The van der Waals surface area contributed by atoms with Gasteiger partial charge in [0.15, 0.2) is 5.78 Å². The molecule has 0 heterocycles. The van der Waals surface area contributed by atoms with Crippen molar-refractivity contribution in [2.75, 3.05) is 0 Å². The summed E-state index contributed by atoms with van der Waals surface area (Å²) in [7, 11) is 0. The quantitative estimate of drug-likeness (QED) is 0.433. The van der Waals surface area contributed by atoms with Crippen LogP contribution in [0.4, 0.5) is 0 Å². The summed E-state index contributed by atoms with van der Waals surface area (Å²) in [5.74, 6) is -0.171. The second-order valence-electron chi connectivity index (χ2n) is 3.33. The fraction of sp³-hybridized carbons (Fsp3) is 0.333. The van der Waals surface area contributed by atoms with E-state index in [0.717, 1.165) is 12.0 Å². The van der Waals surface area contributed by atoms with Crippen molar-refractivity contribution in [2.45, 2.75) is 27.2 Å². The molecule has 0 unspecified atom stereocenters. The first kappa shape index (κ1) is 11.4. The molecule has 3 nitrogen and oxygen atoms in total. The van der Waals surface area contributed by atoms with E-state index in [9.17, 15) is 9.59 Å². The first-order chi connectivity index (χ1) is 7.04. The van der Waals surface area contributed by atoms with Crippen molar-refractivity contribution in [3.05, 3.63) is 29.3 Å². The summed E-state index contributed by atoms with van der Waals surface area (Å²) < 4.78 is 4.95. The van der Waals surface area contributed by atoms with Crippen LogP contribution in [-0.2, 0) is 11.2 Å². The molecule has 1 aromatic rings. The van der Waals surface area contributed by atoms with Crippen molar-refractivity contribution in [1.29, 1.82) is 0 Å². The lowest BCUT2D eigenvalue weighted by atomic mass is 10.1. The highest BCUT2D eigenvalue weighted by molar-refractivity contribution is 5.97. The van der Waals surface area contributed by atoms with E-state index in [4.69, 9.17) is 4.74 Å². The normalized spacial score (nSPS) is 9.80. The van der Waals surface area contributed by atoms with Crippen molar-refractivity contribution >= 4 is 11.8 Å². The van der Waals surface area contributed by atoms with Gasteiger partial charge in [0, 0.05) is 6.92 Å². The van der Waals surface area contributed by atoms with Gasteiger partial charge in [0.25, 0.3) is 0 Å². The molecule has 0 atom stereocenters. The lowest BCUT2D eigenvalue weighted by Crippen LogP contribution is -2.06. The summed E-state index contributed by atoms with van der Waals surface area (Å²) >= 11 is 0. The summed E-state index contributed by atoms with van der Waals surface area (Å²) in [6.07, 6.45) is 0.848. The van der Waals surface area contributed by atoms with Crippen LogP contribution in [0.3, 0.4) is 0 Å². The number of esters is 1. The maximum atomic E-state index is 11.3. The molecule has 0 aromatic heterocycles. The van der Waals surface area contributed by atoms with Crippen LogP contribution in [-0.4, -0.2) is 11.8 Å². The van der Waals surface area contributed by atoms with E-state index in [1.165, 1.54) is 13.8 Å². The molecule has 0 saturated carbocycles. The zero-order valence-corrected chi connectivity index (χ0v) is 9.16. The number of hydrogen-bond donors (Lipinski definition) is 0. The summed E-state index contributed by atoms with van der Waals surface area (Å²) in [6.45, 7) is 4.78. The maximum absolute atomic E-state index is 11.3. The first-order valence-corrected chi connectivity index (χ1v) is 4.87. The summed E-state index contributed by atoms with van der Waals surface area (Å²) in [6, 6.07) is 5.28. The van der Waals surface area contributed by atoms with E-state index in [0.29, 0.717) is 11.3 Å². The van der Waals surface area contributed by atoms with Crippen LogP contribution >= 0.6 is 0 Å². The van der Waals surface area contributed by atoms with E-state index in [1.54, 1.807) is 12.1 Å². The van der Waals surface area contributed by atoms with Crippen LogP contribution < -0.4 is 4.74 Å². The molecule has 0 N–H and O–H groups in total. The molecule has 0 aliphatic carbocycles. The average molecular weight is 206 g/mol. The number of aryl methyl sites for hydroxylation is 1. The summed E-state index contributed by atoms with van der Waals surface area (Å²) in [5, 5.41) is 0. The van der Waals surface area contributed by atoms with E-state index in [-0.39, 0.29) is 5.78 Å². The van der Waals surface area contributed by atoms with Gasteiger partial charge in [0.2, 0.25) is 0 Å². The number of ether oxygens (including phenoxy) is 1. The Hall–Kier alpha value is -1.64. The van der Waals surface area contributed by atoms with Crippen molar-refractivity contribution in [2.24, 2.45) is 0 Å². The highest BCUT2D eigenvalue weighted by Crippen LogP contribution is 2.21. The monoisotopic (exact) mass is 206 g/mol. The molecule has 1 rings (SSSR count). The summed E-state index contributed by atoms with van der Waals surface area (Å²) in [4.78, 5) is 22.1. The van der Waals surface area contributed by atoms with Gasteiger partial charge in [-0.1, -0.05) is 13.0 Å². The third kappa shape index (κ3) is 2.91. The molecule has 1 aromatic carbocycles. The van der Waals surface area contributed by atoms with Crippen molar-refractivity contribution in [3.8, 4) is 5.75 Å². The van der Waals surface area contributed by atoms with Crippen molar-refractivity contribution in [3.63, 3.8) is 0 Å². The van der Waals surface area contributed by atoms with Crippen LogP contribution in [0.1, 0.15) is 36.7 Å². The molecule has 0 aliphatic rings. The average Bonchev–Trinajstić information content (AvgIpc) is 2.17. The molecule has 80 valence electrons. The third-order valence-electron chi connectivity index (χ3n) is 2.09. The number of Topliss-reactive ketones (excluding diaryl/α,β-unsaturated/α-hetero) is 1. The Morgan fingerprint density at radius 1 is 1.27 bits per heavy atom. The molecule has 0 aliphatic heterocycles. The number of rotatable bonds is 3. The molecule has 0 radical (unpaired) electrons. The van der Waals surface area contributed by atoms with Gasteiger partial charge < -0.3 is 4.74 Å². The van der Waals surface area contributed by atoms with E-state index < -0.39 is 5.97 Å². The first-order valence-electron chi connectivity index (χ1n) is 4.87. The van der Waals surface area contributed by atoms with Crippen LogP contribution in [0, 0.1) is 0 Å². The van der Waals surface area contributed by atoms with Gasteiger partial charge in [-0.25, -0.2) is 0 Å². The highest BCUT2D eigenvalue weighted by Gasteiger charge is 2.10. The van der Waals surface area contributed by atoms with Crippen LogP contribution in [0.5, 0.6) is 5.75 Å². The van der Waals surface area contributed by atoms with Gasteiger partial charge in [0.05, 0.1) is 5.56 Å². The summed E-state index contributed by atoms with van der Waals surface area (Å²) in [5.41, 5.74) is 1.51. The SMILES string of the molecule is CCc1ccc(OC(C)=O)c(C(C)=O)c1. The minimum Gasteiger partial charge on any atom is -0.426 e. The lowest BCUT2D eigenvalue weighted by Gasteiger charge is -2.07. The highest BCUT2D eigenvalue weighted by atomic mass is 16.5. The predicted octanol–water partition coefficient (Wildman–Crippen LogP) is 2.38. The van der Waals surface area contributed by atoms with Crippen LogP contribution in [0.15, 0.2) is 18.2 Å². The largest absolute Gasteiger partial charge is 0.426 e. The minimum atomic E-state index is -0.415. The van der Waals surface area contributed by atoms with Gasteiger partial charge in [-0.15, -0.1) is 0 Å². The van der Waals surface area contributed by atoms with E-state index >= 15 is 0 Å². The number of benzene rings is 1. The van der Waals surface area contributed by atoms with Gasteiger partial charge >= 0.3 is 5.97 Å². The zero-order chi connectivity index (χ0) is 11.4. The standard InChI is InChI=1S/C12H14O3/c1-4-10-5-6-12(15-9(3)14)11(7-10)8(2)13/h5-7H,4H2,1-3H3. The Balaban J connectivity index is 3.15. The second kappa shape index (κ2) is 4.73. The maximum Gasteiger partial charge on any atom is 0.308 e. The Morgan fingerprint density at radius 2 is 1.93 bits per heavy atom. The minimum absolute atomic E-state index is 0.0958. The fourth-order valence-corrected chi connectivity index (χ4v) is 1.32.